The normalized spacial score (nSPS) is 11.3. The van der Waals surface area contributed by atoms with Crippen molar-refractivity contribution in [2.75, 3.05) is 26.1 Å². The fourth-order valence-corrected chi connectivity index (χ4v) is 4.55. The Labute approximate surface area is 262 Å². The number of methoxy groups -OCH3 is 2. The first kappa shape index (κ1) is 32.6. The number of rotatable bonds is 9. The van der Waals surface area contributed by atoms with Crippen molar-refractivity contribution in [1.82, 2.24) is 19.5 Å². The summed E-state index contributed by atoms with van der Waals surface area (Å²) in [7, 11) is 2.68. The molecule has 11 nitrogen and oxygen atoms in total. The molecular weight excluding hydrogens is 633 g/mol. The summed E-state index contributed by atoms with van der Waals surface area (Å²) in [6, 6.07) is 7.13. The zero-order valence-electron chi connectivity index (χ0n) is 25.0. The zero-order valence-corrected chi connectivity index (χ0v) is 25.0. The molecule has 0 bridgehead atoms. The number of nitrogens with zero attached hydrogens (tertiary/aromatic N) is 4. The summed E-state index contributed by atoms with van der Waals surface area (Å²) in [4.78, 5) is 38.5. The van der Waals surface area contributed by atoms with E-state index in [9.17, 15) is 27.2 Å². The summed E-state index contributed by atoms with van der Waals surface area (Å²) in [6.45, 7) is 3.40. The number of aryl methyl sites for hydroxylation is 1. The quantitative estimate of drug-likeness (QED) is 0.183. The van der Waals surface area contributed by atoms with Gasteiger partial charge < -0.3 is 24.3 Å². The van der Waals surface area contributed by atoms with Crippen molar-refractivity contribution in [3.8, 4) is 34.7 Å². The first-order valence-electron chi connectivity index (χ1n) is 13.6. The van der Waals surface area contributed by atoms with Gasteiger partial charge in [0.25, 0.3) is 17.3 Å². The molecule has 0 atom stereocenters. The summed E-state index contributed by atoms with van der Waals surface area (Å²) < 4.78 is 93.2. The molecule has 1 amide bonds. The van der Waals surface area contributed by atoms with E-state index in [1.807, 2.05) is 0 Å². The van der Waals surface area contributed by atoms with Crippen molar-refractivity contribution in [2.45, 2.75) is 20.0 Å². The van der Waals surface area contributed by atoms with Crippen LogP contribution in [0.25, 0.3) is 16.7 Å². The van der Waals surface area contributed by atoms with Crippen molar-refractivity contribution in [3.05, 3.63) is 93.7 Å². The van der Waals surface area contributed by atoms with Gasteiger partial charge in [0.2, 0.25) is 5.88 Å². The Kier molecular flexibility index (Phi) is 8.94. The molecular formula is C31H24F5N5O6. The number of pyridine rings is 4. The Bertz CT molecular complexity index is 2070. The summed E-state index contributed by atoms with van der Waals surface area (Å²) >= 11 is 0. The van der Waals surface area contributed by atoms with Gasteiger partial charge in [0.15, 0.2) is 28.9 Å². The maximum atomic E-state index is 15.2. The van der Waals surface area contributed by atoms with Gasteiger partial charge in [0, 0.05) is 23.9 Å². The van der Waals surface area contributed by atoms with Crippen molar-refractivity contribution >= 4 is 22.6 Å². The van der Waals surface area contributed by atoms with Gasteiger partial charge in [0.1, 0.15) is 16.8 Å². The minimum atomic E-state index is -4.97. The maximum absolute atomic E-state index is 15.2. The van der Waals surface area contributed by atoms with Gasteiger partial charge in [-0.2, -0.15) is 13.2 Å². The highest BCUT2D eigenvalue weighted by Crippen LogP contribution is 2.37. The summed E-state index contributed by atoms with van der Waals surface area (Å²) in [5.74, 6) is -3.76. The molecule has 1 N–H and O–H groups in total. The predicted molar refractivity (Wildman–Crippen MR) is 158 cm³/mol. The van der Waals surface area contributed by atoms with Crippen LogP contribution in [0, 0.1) is 18.6 Å². The van der Waals surface area contributed by atoms with Crippen LogP contribution in [0.5, 0.6) is 29.0 Å². The zero-order chi connectivity index (χ0) is 34.0. The van der Waals surface area contributed by atoms with E-state index < -0.39 is 52.0 Å². The Morgan fingerprint density at radius 3 is 2.36 bits per heavy atom. The number of carbonyl (C=O) groups is 1. The van der Waals surface area contributed by atoms with Crippen molar-refractivity contribution < 1.29 is 45.7 Å². The largest absolute Gasteiger partial charge is 0.491 e. The number of halogens is 5. The minimum absolute atomic E-state index is 0.00735. The summed E-state index contributed by atoms with van der Waals surface area (Å²) in [5.41, 5.74) is -3.46. The number of benzene rings is 1. The molecule has 0 radical (unpaired) electrons. The van der Waals surface area contributed by atoms with E-state index in [4.69, 9.17) is 18.9 Å². The van der Waals surface area contributed by atoms with E-state index in [1.54, 1.807) is 6.92 Å². The van der Waals surface area contributed by atoms with E-state index in [-0.39, 0.29) is 52.1 Å². The molecule has 1 aromatic carbocycles. The third kappa shape index (κ3) is 6.47. The third-order valence-corrected chi connectivity index (χ3v) is 6.71. The molecule has 16 heteroatoms. The van der Waals surface area contributed by atoms with Crippen molar-refractivity contribution in [1.29, 1.82) is 0 Å². The number of hydrogen-bond donors (Lipinski definition) is 1. The Morgan fingerprint density at radius 1 is 0.957 bits per heavy atom. The molecule has 0 saturated carbocycles. The molecule has 0 fully saturated rings. The highest BCUT2D eigenvalue weighted by Gasteiger charge is 2.36. The second-order valence-electron chi connectivity index (χ2n) is 9.72. The molecule has 0 unspecified atom stereocenters. The monoisotopic (exact) mass is 657 g/mol. The van der Waals surface area contributed by atoms with Crippen LogP contribution in [0.2, 0.25) is 0 Å². The first-order valence-corrected chi connectivity index (χ1v) is 13.6. The number of amides is 1. The van der Waals surface area contributed by atoms with Crippen LogP contribution in [0.3, 0.4) is 0 Å². The van der Waals surface area contributed by atoms with E-state index in [2.05, 4.69) is 20.3 Å². The standard InChI is InChI=1S/C31H24F5N5O6/c1-5-46-25-10-15(2)21(14-38-25)41-24(31(34,35)36)9-7-17(30(41)43)28(42)39-16-6-8-22(18(32)11-16)47-27-19(33)13-37-20-12-23(44-3)29(45-4)40-26(20)27/h6-14H,5H2,1-4H3,(H,39,42). The van der Waals surface area contributed by atoms with Crippen molar-refractivity contribution in [3.63, 3.8) is 0 Å². The van der Waals surface area contributed by atoms with Gasteiger partial charge in [-0.25, -0.2) is 18.7 Å². The van der Waals surface area contributed by atoms with Crippen LogP contribution in [0.15, 0.2) is 59.7 Å². The second-order valence-corrected chi connectivity index (χ2v) is 9.72. The first-order chi connectivity index (χ1) is 22.4. The molecule has 0 aliphatic heterocycles. The van der Waals surface area contributed by atoms with Crippen LogP contribution >= 0.6 is 0 Å². The Morgan fingerprint density at radius 2 is 1.72 bits per heavy atom. The third-order valence-electron chi connectivity index (χ3n) is 6.71. The fraction of sp³-hybridized carbons (Fsp3) is 0.194. The van der Waals surface area contributed by atoms with Gasteiger partial charge in [-0.05, 0) is 43.7 Å². The fourth-order valence-electron chi connectivity index (χ4n) is 4.55. The lowest BCUT2D eigenvalue weighted by Crippen LogP contribution is -2.33. The molecule has 0 saturated heterocycles. The predicted octanol–water partition coefficient (Wildman–Crippen LogP) is 6.24. The number of alkyl halides is 3. The average Bonchev–Trinajstić information content (AvgIpc) is 3.02. The Balaban J connectivity index is 1.46. The summed E-state index contributed by atoms with van der Waals surface area (Å²) in [6.07, 6.45) is -3.09. The van der Waals surface area contributed by atoms with E-state index >= 15 is 4.39 Å². The molecule has 4 heterocycles. The molecule has 0 aliphatic carbocycles. The van der Waals surface area contributed by atoms with Crippen molar-refractivity contribution in [2.24, 2.45) is 0 Å². The summed E-state index contributed by atoms with van der Waals surface area (Å²) in [5, 5.41) is 2.29. The van der Waals surface area contributed by atoms with E-state index in [1.165, 1.54) is 39.3 Å². The lowest BCUT2D eigenvalue weighted by molar-refractivity contribution is -0.142. The second kappa shape index (κ2) is 12.9. The number of aromatic nitrogens is 4. The van der Waals surface area contributed by atoms with Crippen LogP contribution in [0.1, 0.15) is 28.5 Å². The van der Waals surface area contributed by atoms with Gasteiger partial charge in [0.05, 0.1) is 44.4 Å². The molecule has 0 aliphatic rings. The van der Waals surface area contributed by atoms with Gasteiger partial charge in [-0.15, -0.1) is 0 Å². The SMILES string of the molecule is CCOc1cc(C)c(-n2c(C(F)(F)F)ccc(C(=O)Nc3ccc(Oc4c(F)cnc5cc(OC)c(OC)nc45)c(F)c3)c2=O)cn1. The minimum Gasteiger partial charge on any atom is -0.491 e. The number of ether oxygens (including phenoxy) is 4. The molecule has 5 rings (SSSR count). The van der Waals surface area contributed by atoms with Crippen LogP contribution in [0.4, 0.5) is 27.6 Å². The number of fused-ring (bicyclic) bond motifs is 1. The number of carbonyl (C=O) groups excluding carboxylic acids is 1. The lowest BCUT2D eigenvalue weighted by Gasteiger charge is -2.18. The van der Waals surface area contributed by atoms with E-state index in [0.717, 1.165) is 30.6 Å². The molecule has 0 spiro atoms. The smallest absolute Gasteiger partial charge is 0.431 e. The van der Waals surface area contributed by atoms with Crippen LogP contribution in [-0.4, -0.2) is 46.3 Å². The van der Waals surface area contributed by atoms with Crippen LogP contribution in [-0.2, 0) is 6.18 Å². The average molecular weight is 658 g/mol. The lowest BCUT2D eigenvalue weighted by atomic mass is 10.1. The van der Waals surface area contributed by atoms with Crippen LogP contribution < -0.4 is 29.8 Å². The highest BCUT2D eigenvalue weighted by molar-refractivity contribution is 6.04. The van der Waals surface area contributed by atoms with E-state index in [0.29, 0.717) is 10.6 Å². The number of anilines is 1. The van der Waals surface area contributed by atoms with Gasteiger partial charge in [-0.3, -0.25) is 19.1 Å². The highest BCUT2D eigenvalue weighted by atomic mass is 19.4. The molecule has 244 valence electrons. The Hall–Kier alpha value is -5.80. The molecule has 4 aromatic heterocycles. The maximum Gasteiger partial charge on any atom is 0.431 e. The van der Waals surface area contributed by atoms with Gasteiger partial charge >= 0.3 is 6.18 Å². The molecule has 47 heavy (non-hydrogen) atoms. The molecule has 5 aromatic rings. The number of hydrogen-bond acceptors (Lipinski definition) is 9. The van der Waals surface area contributed by atoms with Gasteiger partial charge in [-0.1, -0.05) is 0 Å². The number of nitrogens with one attached hydrogen (secondary N) is 1. The topological polar surface area (TPSA) is 127 Å².